The smallest absolute Gasteiger partial charge is 0.279 e. The van der Waals surface area contributed by atoms with Crippen LogP contribution in [0, 0.1) is 11.6 Å². The second-order valence-corrected chi connectivity index (χ2v) is 5.53. The Morgan fingerprint density at radius 2 is 1.75 bits per heavy atom. The number of rotatable bonds is 7. The maximum Gasteiger partial charge on any atom is 0.279 e. The van der Waals surface area contributed by atoms with Crippen LogP contribution in [0.25, 0.3) is 0 Å². The summed E-state index contributed by atoms with van der Waals surface area (Å²) >= 11 is 0. The molecule has 2 aromatic rings. The lowest BCUT2D eigenvalue weighted by atomic mass is 10.2. The minimum absolute atomic E-state index is 0.0982. The molecule has 1 amide bonds. The molecule has 24 heavy (non-hydrogen) atoms. The van der Waals surface area contributed by atoms with Crippen LogP contribution in [0.4, 0.5) is 14.5 Å². The summed E-state index contributed by atoms with van der Waals surface area (Å²) < 4.78 is 32.4. The number of anilines is 1. The number of hydrogen-bond donors (Lipinski definition) is 2. The molecular weight excluding hydrogens is 314 g/mol. The van der Waals surface area contributed by atoms with Gasteiger partial charge in [0.1, 0.15) is 29.6 Å². The third-order valence-electron chi connectivity index (χ3n) is 3.43. The number of halogens is 2. The molecule has 0 radical (unpaired) electrons. The van der Waals surface area contributed by atoms with Gasteiger partial charge in [0.2, 0.25) is 0 Å². The monoisotopic (exact) mass is 335 g/mol. The normalized spacial score (nSPS) is 11.8. The Balaban J connectivity index is 1.89. The highest BCUT2D eigenvalue weighted by atomic mass is 19.1. The molecule has 0 aromatic heterocycles. The molecule has 0 saturated heterocycles. The summed E-state index contributed by atoms with van der Waals surface area (Å²) in [5.41, 5.74) is 0.636. The van der Waals surface area contributed by atoms with Gasteiger partial charge in [-0.15, -0.1) is 0 Å². The van der Waals surface area contributed by atoms with Gasteiger partial charge in [0.25, 0.3) is 5.91 Å². The fourth-order valence-electron chi connectivity index (χ4n) is 2.36. The van der Waals surface area contributed by atoms with Crippen molar-refractivity contribution in [3.8, 4) is 5.75 Å². The maximum absolute atomic E-state index is 13.5. The van der Waals surface area contributed by atoms with E-state index in [1.165, 1.54) is 6.07 Å². The minimum atomic E-state index is -0.785. The zero-order valence-corrected chi connectivity index (χ0v) is 13.7. The fourth-order valence-corrected chi connectivity index (χ4v) is 2.36. The Bertz CT molecular complexity index is 670. The Kier molecular flexibility index (Phi) is 6.26. The van der Waals surface area contributed by atoms with Crippen LogP contribution < -0.4 is 15.0 Å². The molecule has 0 aliphatic carbocycles. The molecule has 1 unspecified atom stereocenters. The van der Waals surface area contributed by atoms with Gasteiger partial charge in [-0.1, -0.05) is 6.07 Å². The van der Waals surface area contributed by atoms with E-state index in [4.69, 9.17) is 4.74 Å². The number of quaternary nitrogens is 1. The lowest BCUT2D eigenvalue weighted by Crippen LogP contribution is -3.08. The van der Waals surface area contributed by atoms with Crippen molar-refractivity contribution in [1.82, 2.24) is 0 Å². The van der Waals surface area contributed by atoms with Crippen LogP contribution in [-0.4, -0.2) is 26.1 Å². The number of carbonyl (C=O) groups excluding carboxylic acids is 1. The number of benzene rings is 2. The van der Waals surface area contributed by atoms with Gasteiger partial charge in [0.05, 0.1) is 13.7 Å². The first kappa shape index (κ1) is 17.9. The first-order valence-corrected chi connectivity index (χ1v) is 7.76. The predicted octanol–water partition coefficient (Wildman–Crippen LogP) is 2.02. The van der Waals surface area contributed by atoms with Crippen molar-refractivity contribution in [3.05, 3.63) is 59.7 Å². The average Bonchev–Trinajstić information content (AvgIpc) is 2.53. The minimum Gasteiger partial charge on any atom is -0.494 e. The van der Waals surface area contributed by atoms with Gasteiger partial charge >= 0.3 is 0 Å². The molecular formula is C18H21F2N2O2+. The molecule has 6 heteroatoms. The summed E-state index contributed by atoms with van der Waals surface area (Å²) in [7, 11) is 1.84. The molecule has 0 saturated carbocycles. The standard InChI is InChI=1S/C18H20F2N2O2/c1-3-24-14-9-7-13(8-10-14)11-22(2)12-17(23)21-18-15(19)5-4-6-16(18)20/h4-10H,3,11-12H2,1-2H3,(H,21,23)/p+1. The highest BCUT2D eigenvalue weighted by molar-refractivity contribution is 5.91. The third-order valence-corrected chi connectivity index (χ3v) is 3.43. The molecule has 0 fully saturated rings. The van der Waals surface area contributed by atoms with Crippen LogP contribution in [0.3, 0.4) is 0 Å². The van der Waals surface area contributed by atoms with Gasteiger partial charge in [0.15, 0.2) is 6.54 Å². The van der Waals surface area contributed by atoms with Gasteiger partial charge in [-0.2, -0.15) is 0 Å². The summed E-state index contributed by atoms with van der Waals surface area (Å²) in [4.78, 5) is 12.9. The molecule has 0 aliphatic heterocycles. The second kappa shape index (κ2) is 8.40. The number of carbonyl (C=O) groups is 1. The predicted molar refractivity (Wildman–Crippen MR) is 88.1 cm³/mol. The van der Waals surface area contributed by atoms with E-state index >= 15 is 0 Å². The molecule has 128 valence electrons. The number of likely N-dealkylation sites (N-methyl/N-ethyl adjacent to an activating group) is 1. The van der Waals surface area contributed by atoms with Crippen molar-refractivity contribution < 1.29 is 23.2 Å². The zero-order chi connectivity index (χ0) is 17.5. The lowest BCUT2D eigenvalue weighted by molar-refractivity contribution is -0.885. The molecule has 0 heterocycles. The molecule has 0 spiro atoms. The van der Waals surface area contributed by atoms with E-state index in [1.54, 1.807) is 0 Å². The van der Waals surface area contributed by atoms with Crippen molar-refractivity contribution in [2.75, 3.05) is 25.5 Å². The second-order valence-electron chi connectivity index (χ2n) is 5.53. The van der Waals surface area contributed by atoms with E-state index in [0.29, 0.717) is 13.2 Å². The van der Waals surface area contributed by atoms with Crippen LogP contribution in [0.5, 0.6) is 5.75 Å². The van der Waals surface area contributed by atoms with E-state index in [0.717, 1.165) is 28.3 Å². The summed E-state index contributed by atoms with van der Waals surface area (Å²) in [6.07, 6.45) is 0. The van der Waals surface area contributed by atoms with Crippen molar-refractivity contribution in [2.24, 2.45) is 0 Å². The van der Waals surface area contributed by atoms with Crippen LogP contribution in [0.15, 0.2) is 42.5 Å². The Hall–Kier alpha value is -2.47. The molecule has 1 atom stereocenters. The number of hydrogen-bond acceptors (Lipinski definition) is 2. The molecule has 0 aliphatic rings. The molecule has 2 rings (SSSR count). The van der Waals surface area contributed by atoms with Gasteiger partial charge < -0.3 is 15.0 Å². The van der Waals surface area contributed by atoms with Crippen molar-refractivity contribution >= 4 is 11.6 Å². The van der Waals surface area contributed by atoms with E-state index in [9.17, 15) is 13.6 Å². The quantitative estimate of drug-likeness (QED) is 0.813. The largest absolute Gasteiger partial charge is 0.494 e. The number of nitrogens with one attached hydrogen (secondary N) is 2. The number of amides is 1. The SMILES string of the molecule is CCOc1ccc(C[NH+](C)CC(=O)Nc2c(F)cccc2F)cc1. The van der Waals surface area contributed by atoms with Crippen molar-refractivity contribution in [1.29, 1.82) is 0 Å². The average molecular weight is 335 g/mol. The summed E-state index contributed by atoms with van der Waals surface area (Å²) in [6, 6.07) is 11.1. The fraction of sp³-hybridized carbons (Fsp3) is 0.278. The van der Waals surface area contributed by atoms with Gasteiger partial charge in [-0.05, 0) is 43.3 Å². The van der Waals surface area contributed by atoms with E-state index in [-0.39, 0.29) is 6.54 Å². The summed E-state index contributed by atoms with van der Waals surface area (Å²) in [6.45, 7) is 3.24. The van der Waals surface area contributed by atoms with Gasteiger partial charge in [0, 0.05) is 5.56 Å². The maximum atomic E-state index is 13.5. The third kappa shape index (κ3) is 5.03. The van der Waals surface area contributed by atoms with E-state index < -0.39 is 23.2 Å². The van der Waals surface area contributed by atoms with E-state index in [2.05, 4.69) is 5.32 Å². The van der Waals surface area contributed by atoms with Crippen LogP contribution in [0.1, 0.15) is 12.5 Å². The number of ether oxygens (including phenoxy) is 1. The van der Waals surface area contributed by atoms with Crippen molar-refractivity contribution in [2.45, 2.75) is 13.5 Å². The topological polar surface area (TPSA) is 42.8 Å². The van der Waals surface area contributed by atoms with E-state index in [1.807, 2.05) is 38.2 Å². The van der Waals surface area contributed by atoms with Crippen LogP contribution >= 0.6 is 0 Å². The van der Waals surface area contributed by atoms with Gasteiger partial charge in [-0.3, -0.25) is 4.79 Å². The summed E-state index contributed by atoms with van der Waals surface area (Å²) in [5, 5.41) is 2.29. The Morgan fingerprint density at radius 3 is 2.33 bits per heavy atom. The van der Waals surface area contributed by atoms with Crippen molar-refractivity contribution in [3.63, 3.8) is 0 Å². The first-order chi connectivity index (χ1) is 11.5. The van der Waals surface area contributed by atoms with Crippen LogP contribution in [-0.2, 0) is 11.3 Å². The van der Waals surface area contributed by atoms with Crippen LogP contribution in [0.2, 0.25) is 0 Å². The zero-order valence-electron chi connectivity index (χ0n) is 13.7. The Labute approximate surface area is 140 Å². The lowest BCUT2D eigenvalue weighted by Gasteiger charge is -2.14. The van der Waals surface area contributed by atoms with Gasteiger partial charge in [-0.25, -0.2) is 8.78 Å². The highest BCUT2D eigenvalue weighted by Crippen LogP contribution is 2.17. The molecule has 0 bridgehead atoms. The Morgan fingerprint density at radius 1 is 1.12 bits per heavy atom. The summed E-state index contributed by atoms with van der Waals surface area (Å²) in [5.74, 6) is -1.21. The highest BCUT2D eigenvalue weighted by Gasteiger charge is 2.15. The molecule has 2 N–H and O–H groups in total. The molecule has 2 aromatic carbocycles. The first-order valence-electron chi connectivity index (χ1n) is 7.76. The number of para-hydroxylation sites is 1. The molecule has 4 nitrogen and oxygen atoms in total.